The fourth-order valence-electron chi connectivity index (χ4n) is 2.77. The summed E-state index contributed by atoms with van der Waals surface area (Å²) in [6.07, 6.45) is 4.33. The van der Waals surface area contributed by atoms with Crippen molar-refractivity contribution in [1.29, 1.82) is 0 Å². The lowest BCUT2D eigenvalue weighted by molar-refractivity contribution is 0.421. The minimum atomic E-state index is -3.17. The normalized spacial score (nSPS) is 18.0. The summed E-state index contributed by atoms with van der Waals surface area (Å²) in [5, 5.41) is 3.81. The van der Waals surface area contributed by atoms with Crippen molar-refractivity contribution in [2.45, 2.75) is 18.9 Å². The van der Waals surface area contributed by atoms with Crippen molar-refractivity contribution in [3.8, 4) is 0 Å². The fraction of sp³-hybridized carbons (Fsp3) is 0.375. The van der Waals surface area contributed by atoms with Crippen molar-refractivity contribution in [1.82, 2.24) is 14.7 Å². The van der Waals surface area contributed by atoms with Crippen LogP contribution in [-0.2, 0) is 14.6 Å². The topological polar surface area (TPSA) is 93.2 Å². The van der Waals surface area contributed by atoms with Gasteiger partial charge in [-0.2, -0.15) is 4.98 Å². The van der Waals surface area contributed by atoms with Gasteiger partial charge in [0.15, 0.2) is 0 Å². The highest BCUT2D eigenvalue weighted by Gasteiger charge is 2.25. The first-order valence-corrected chi connectivity index (χ1v) is 10.2. The van der Waals surface area contributed by atoms with E-state index in [4.69, 9.17) is 11.6 Å². The van der Waals surface area contributed by atoms with Crippen molar-refractivity contribution in [2.24, 2.45) is 0 Å². The molecule has 9 heteroatoms. The quantitative estimate of drug-likeness (QED) is 0.773. The predicted octanol–water partition coefficient (Wildman–Crippen LogP) is 2.61. The molecular weight excluding hydrogens is 362 g/mol. The van der Waals surface area contributed by atoms with E-state index in [1.54, 1.807) is 12.3 Å². The Morgan fingerprint density at radius 3 is 2.68 bits per heavy atom. The lowest BCUT2D eigenvalue weighted by Gasteiger charge is -2.32. The molecule has 1 fully saturated rings. The van der Waals surface area contributed by atoms with E-state index in [2.05, 4.69) is 24.9 Å². The number of benzene rings is 1. The molecule has 0 aliphatic carbocycles. The number of hydrogen-bond donors (Lipinski definition) is 2. The van der Waals surface area contributed by atoms with E-state index in [1.807, 2.05) is 24.3 Å². The summed E-state index contributed by atoms with van der Waals surface area (Å²) >= 11 is 6.16. The zero-order chi connectivity index (χ0) is 17.9. The first kappa shape index (κ1) is 18.1. The van der Waals surface area contributed by atoms with Crippen molar-refractivity contribution in [3.05, 3.63) is 41.6 Å². The molecule has 0 bridgehead atoms. The summed E-state index contributed by atoms with van der Waals surface area (Å²) < 4.78 is 25.3. The molecule has 1 aliphatic heterocycles. The maximum Gasteiger partial charge on any atom is 0.227 e. The summed E-state index contributed by atoms with van der Waals surface area (Å²) in [7, 11) is -3.17. The van der Waals surface area contributed by atoms with E-state index in [0.29, 0.717) is 29.9 Å². The number of nitrogens with zero attached hydrogens (tertiary/aromatic N) is 3. The fourth-order valence-corrected chi connectivity index (χ4v) is 3.80. The van der Waals surface area contributed by atoms with Crippen LogP contribution in [0.4, 0.5) is 17.5 Å². The number of halogens is 1. The van der Waals surface area contributed by atoms with E-state index < -0.39 is 10.4 Å². The van der Waals surface area contributed by atoms with Gasteiger partial charge in [0.2, 0.25) is 5.95 Å². The molecule has 134 valence electrons. The van der Waals surface area contributed by atoms with Crippen LogP contribution in [0.1, 0.15) is 12.8 Å². The SMILES string of the molecule is C[S+](=O)([O-])NC1CCN(c2nccc(Nc3ccccc3Cl)n2)CC1. The van der Waals surface area contributed by atoms with Gasteiger partial charge >= 0.3 is 0 Å². The van der Waals surface area contributed by atoms with Crippen LogP contribution in [0.3, 0.4) is 0 Å². The standard InChI is InChI=1S/C16H20ClN5O2S/c1-25(23,24)21-12-7-10-22(11-8-12)16-18-9-6-15(20-16)19-14-5-3-2-4-13(14)17/h2-6,9,12H,7-8,10-11H2,1H3,(H2-,18,19,20,21,23,24). The second kappa shape index (κ2) is 7.65. The smallest absolute Gasteiger partial charge is 0.227 e. The second-order valence-corrected chi connectivity index (χ2v) is 8.19. The molecule has 2 aromatic rings. The molecule has 0 saturated carbocycles. The van der Waals surface area contributed by atoms with Gasteiger partial charge in [0.25, 0.3) is 0 Å². The molecule has 1 unspecified atom stereocenters. The van der Waals surface area contributed by atoms with Gasteiger partial charge in [-0.1, -0.05) is 27.9 Å². The summed E-state index contributed by atoms with van der Waals surface area (Å²) in [5.41, 5.74) is 0.782. The van der Waals surface area contributed by atoms with E-state index in [9.17, 15) is 8.76 Å². The Bertz CT molecular complexity index is 777. The number of sulfonamides is 1. The zero-order valence-electron chi connectivity index (χ0n) is 13.8. The summed E-state index contributed by atoms with van der Waals surface area (Å²) in [5.74, 6) is 1.28. The van der Waals surface area contributed by atoms with Gasteiger partial charge in [0.1, 0.15) is 22.5 Å². The molecular formula is C16H20ClN5O2S. The number of para-hydroxylation sites is 1. The number of rotatable bonds is 5. The molecule has 25 heavy (non-hydrogen) atoms. The van der Waals surface area contributed by atoms with Crippen molar-refractivity contribution < 1.29 is 8.76 Å². The van der Waals surface area contributed by atoms with Crippen LogP contribution >= 0.6 is 11.6 Å². The number of piperidine rings is 1. The van der Waals surface area contributed by atoms with Gasteiger partial charge in [-0.05, 0) is 31.0 Å². The molecule has 0 amide bonds. The first-order chi connectivity index (χ1) is 11.9. The number of nitrogens with one attached hydrogen (secondary N) is 2. The highest BCUT2D eigenvalue weighted by Crippen LogP contribution is 2.25. The molecule has 1 atom stereocenters. The molecule has 2 heterocycles. The Morgan fingerprint density at radius 2 is 2.00 bits per heavy atom. The summed E-state index contributed by atoms with van der Waals surface area (Å²) in [4.78, 5) is 10.9. The third-order valence-electron chi connectivity index (χ3n) is 3.94. The molecule has 1 aromatic carbocycles. The molecule has 1 aromatic heterocycles. The highest BCUT2D eigenvalue weighted by atomic mass is 35.5. The van der Waals surface area contributed by atoms with Crippen LogP contribution in [0.5, 0.6) is 0 Å². The average molecular weight is 382 g/mol. The van der Waals surface area contributed by atoms with Gasteiger partial charge in [0.05, 0.1) is 16.8 Å². The summed E-state index contributed by atoms with van der Waals surface area (Å²) in [6.45, 7) is 1.39. The van der Waals surface area contributed by atoms with Crippen LogP contribution in [0, 0.1) is 0 Å². The van der Waals surface area contributed by atoms with Crippen LogP contribution in [0.15, 0.2) is 36.5 Å². The average Bonchev–Trinajstić information content (AvgIpc) is 2.57. The highest BCUT2D eigenvalue weighted by molar-refractivity contribution is 7.95. The van der Waals surface area contributed by atoms with Gasteiger partial charge in [-0.15, -0.1) is 4.72 Å². The number of aromatic nitrogens is 2. The third-order valence-corrected chi connectivity index (χ3v) is 5.03. The minimum absolute atomic E-state index is 0.0318. The number of anilines is 3. The Hall–Kier alpha value is -1.74. The summed E-state index contributed by atoms with van der Waals surface area (Å²) in [6, 6.07) is 9.21. The van der Waals surface area contributed by atoms with E-state index in [1.165, 1.54) is 6.26 Å². The molecule has 0 spiro atoms. The van der Waals surface area contributed by atoms with Gasteiger partial charge < -0.3 is 14.8 Å². The molecule has 7 nitrogen and oxygen atoms in total. The molecule has 2 N–H and O–H groups in total. The predicted molar refractivity (Wildman–Crippen MR) is 99.9 cm³/mol. The van der Waals surface area contributed by atoms with Gasteiger partial charge in [-0.25, -0.2) is 4.98 Å². The molecule has 3 rings (SSSR count). The van der Waals surface area contributed by atoms with Crippen LogP contribution < -0.4 is 14.9 Å². The lowest BCUT2D eigenvalue weighted by atomic mass is 10.1. The first-order valence-electron chi connectivity index (χ1n) is 7.97. The Balaban J connectivity index is 1.65. The molecule has 0 radical (unpaired) electrons. The maximum absolute atomic E-state index is 11.3. The lowest BCUT2D eigenvalue weighted by Crippen LogP contribution is -2.46. The Labute approximate surface area is 153 Å². The van der Waals surface area contributed by atoms with Crippen LogP contribution in [-0.4, -0.2) is 39.9 Å². The zero-order valence-corrected chi connectivity index (χ0v) is 15.4. The monoisotopic (exact) mass is 381 g/mol. The van der Waals surface area contributed by atoms with E-state index >= 15 is 0 Å². The van der Waals surface area contributed by atoms with E-state index in [-0.39, 0.29) is 6.04 Å². The van der Waals surface area contributed by atoms with Gasteiger partial charge in [0, 0.05) is 19.3 Å². The molecule has 1 aliphatic rings. The van der Waals surface area contributed by atoms with Gasteiger partial charge in [-0.3, -0.25) is 0 Å². The van der Waals surface area contributed by atoms with E-state index in [0.717, 1.165) is 18.5 Å². The van der Waals surface area contributed by atoms with Crippen molar-refractivity contribution >= 4 is 39.5 Å². The largest absolute Gasteiger partial charge is 0.598 e. The number of hydrogen-bond acceptors (Lipinski definition) is 6. The molecule has 1 saturated heterocycles. The van der Waals surface area contributed by atoms with Crippen molar-refractivity contribution in [3.63, 3.8) is 0 Å². The Morgan fingerprint density at radius 1 is 1.28 bits per heavy atom. The minimum Gasteiger partial charge on any atom is -0.598 e. The second-order valence-electron chi connectivity index (χ2n) is 6.00. The Kier molecular flexibility index (Phi) is 5.53. The van der Waals surface area contributed by atoms with Crippen LogP contribution in [0.25, 0.3) is 0 Å². The maximum atomic E-state index is 11.3. The van der Waals surface area contributed by atoms with Crippen LogP contribution in [0.2, 0.25) is 5.02 Å². The van der Waals surface area contributed by atoms with Crippen molar-refractivity contribution in [2.75, 3.05) is 29.6 Å². The third kappa shape index (κ3) is 5.12.